The summed E-state index contributed by atoms with van der Waals surface area (Å²) in [7, 11) is 0. The van der Waals surface area contributed by atoms with Gasteiger partial charge in [0.15, 0.2) is 17.6 Å². The van der Waals surface area contributed by atoms with Gasteiger partial charge in [0.2, 0.25) is 0 Å². The second-order valence-electron chi connectivity index (χ2n) is 9.27. The zero-order valence-electron chi connectivity index (χ0n) is 33.9. The van der Waals surface area contributed by atoms with Crippen molar-refractivity contribution in [1.29, 1.82) is 0 Å². The van der Waals surface area contributed by atoms with Gasteiger partial charge in [0.1, 0.15) is 0 Å². The molecule has 0 aromatic heterocycles. The summed E-state index contributed by atoms with van der Waals surface area (Å²) in [4.78, 5) is 0. The lowest BCUT2D eigenvalue weighted by Gasteiger charge is -2.15. The van der Waals surface area contributed by atoms with E-state index in [9.17, 15) is 0 Å². The van der Waals surface area contributed by atoms with Crippen LogP contribution < -0.4 is 0 Å². The van der Waals surface area contributed by atoms with Gasteiger partial charge in [-0.15, -0.1) is 0 Å². The molecule has 0 spiro atoms. The van der Waals surface area contributed by atoms with Crippen LogP contribution in [0.2, 0.25) is 0 Å². The van der Waals surface area contributed by atoms with Crippen molar-refractivity contribution < 1.29 is 9.47 Å². The molecule has 0 amide bonds. The van der Waals surface area contributed by atoms with E-state index in [1.807, 2.05) is 0 Å². The second kappa shape index (κ2) is 38.4. The highest BCUT2D eigenvalue weighted by molar-refractivity contribution is 5.59. The molecule has 0 aromatic rings. The molecule has 0 aliphatic carbocycles. The van der Waals surface area contributed by atoms with Crippen LogP contribution in [-0.4, -0.2) is 6.10 Å². The van der Waals surface area contributed by atoms with E-state index in [0.717, 1.165) is 0 Å². The third kappa shape index (κ3) is 28.2. The van der Waals surface area contributed by atoms with Gasteiger partial charge < -0.3 is 9.47 Å². The Bertz CT molecular complexity index is 3810. The molecule has 0 N–H and O–H groups in total. The van der Waals surface area contributed by atoms with Crippen LogP contribution in [0.5, 0.6) is 0 Å². The first-order valence-electron chi connectivity index (χ1n) is 16.7. The molecular weight excluding hydrogens is 765 g/mol. The van der Waals surface area contributed by atoms with Crippen molar-refractivity contribution in [2.45, 2.75) is 20.0 Å². The quantitative estimate of drug-likeness (QED) is 0.100. The first kappa shape index (κ1) is 51.1. The van der Waals surface area contributed by atoms with Crippen LogP contribution in [0.4, 0.5) is 0 Å². The fourth-order valence-electron chi connectivity index (χ4n) is 2.97. The van der Waals surface area contributed by atoms with Crippen molar-refractivity contribution in [2.75, 3.05) is 0 Å². The molecule has 0 saturated carbocycles. The molecule has 0 saturated heterocycles. The van der Waals surface area contributed by atoms with Crippen LogP contribution in [0, 0.1) is 47.4 Å². The van der Waals surface area contributed by atoms with Gasteiger partial charge in [-0.25, -0.2) is 0 Å². The highest BCUT2D eigenvalue weighted by atomic mass is 16.5. The Kier molecular flexibility index (Phi) is 31.1. The SMILES string of the molecule is C=C=C=C=C=C=C=C=C=C=C=CC(C#CC#CC#CC#CC)OC(=C=C=C=C=C=C=C)C(=C=C=C=C=C=C)C(=C=C=C=C=C=C=C=C=C=C=C)C(=C=C=C=C)C(=C=C=C)OC(=C)C. The zero-order chi connectivity index (χ0) is 46.3. The highest BCUT2D eigenvalue weighted by Crippen LogP contribution is 2.30. The summed E-state index contributed by atoms with van der Waals surface area (Å²) < 4.78 is 12.3. The van der Waals surface area contributed by atoms with E-state index < -0.39 is 6.10 Å². The molecule has 278 valence electrons. The topological polar surface area (TPSA) is 18.5 Å². The molecule has 0 fully saturated rings. The Morgan fingerprint density at radius 2 is 0.794 bits per heavy atom. The fraction of sp³-hybridized carbons (Fsp3) is 0.0492. The molecule has 1 atom stereocenters. The number of allylic oxidation sites excluding steroid dienone is 3. The third-order valence-electron chi connectivity index (χ3n) is 5.00. The molecule has 0 heterocycles. The van der Waals surface area contributed by atoms with Crippen molar-refractivity contribution in [2.24, 2.45) is 0 Å². The number of rotatable bonds is 9. The van der Waals surface area contributed by atoms with Gasteiger partial charge in [0.25, 0.3) is 0 Å². The van der Waals surface area contributed by atoms with Crippen LogP contribution in [0.3, 0.4) is 0 Å². The summed E-state index contributed by atoms with van der Waals surface area (Å²) in [5.74, 6) is 21.2. The molecule has 0 aromatic carbocycles. The van der Waals surface area contributed by atoms with Crippen molar-refractivity contribution in [3.8, 4) is 47.4 Å². The summed E-state index contributed by atoms with van der Waals surface area (Å²) >= 11 is 0. The smallest absolute Gasteiger partial charge is 0.194 e. The number of ether oxygens (including phenoxy) is 2. The molecule has 0 rings (SSSR count). The molecule has 2 heteroatoms. The van der Waals surface area contributed by atoms with Crippen molar-refractivity contribution in [3.63, 3.8) is 0 Å². The van der Waals surface area contributed by atoms with Gasteiger partial charge in [0, 0.05) is 6.08 Å². The summed E-state index contributed by atoms with van der Waals surface area (Å²) in [5, 5.41) is 0. The average molecular weight is 787 g/mol. The van der Waals surface area contributed by atoms with Crippen LogP contribution in [0.15, 0.2) is 292 Å². The van der Waals surface area contributed by atoms with E-state index in [2.05, 4.69) is 300 Å². The van der Waals surface area contributed by atoms with E-state index in [1.165, 1.54) is 6.08 Å². The van der Waals surface area contributed by atoms with Crippen LogP contribution in [0.1, 0.15) is 13.8 Å². The van der Waals surface area contributed by atoms with Gasteiger partial charge in [-0.2, -0.15) is 0 Å². The molecule has 0 aliphatic rings. The van der Waals surface area contributed by atoms with Gasteiger partial charge in [0.05, 0.1) is 22.5 Å². The Balaban J connectivity index is 9.80. The van der Waals surface area contributed by atoms with Crippen molar-refractivity contribution in [1.82, 2.24) is 0 Å². The summed E-state index contributed by atoms with van der Waals surface area (Å²) in [5.41, 5.74) is 93.7. The largest absolute Gasteiger partial charge is 0.463 e. The van der Waals surface area contributed by atoms with Crippen LogP contribution in [-0.2, 0) is 9.47 Å². The maximum Gasteiger partial charge on any atom is 0.194 e. The monoisotopic (exact) mass is 786 g/mol. The highest BCUT2D eigenvalue weighted by Gasteiger charge is 2.23. The summed E-state index contributed by atoms with van der Waals surface area (Å²) in [6.07, 6.45) is 0.197. The molecule has 2 nitrogen and oxygen atoms in total. The maximum atomic E-state index is 6.41. The Morgan fingerprint density at radius 3 is 1.29 bits per heavy atom. The molecule has 63 heavy (non-hydrogen) atoms. The molecule has 0 radical (unpaired) electrons. The maximum absolute atomic E-state index is 6.41. The lowest BCUT2D eigenvalue weighted by atomic mass is 9.96. The van der Waals surface area contributed by atoms with Gasteiger partial charge in [-0.1, -0.05) is 52.6 Å². The van der Waals surface area contributed by atoms with E-state index >= 15 is 0 Å². The second-order valence-corrected chi connectivity index (χ2v) is 9.27. The Morgan fingerprint density at radius 1 is 0.397 bits per heavy atom. The van der Waals surface area contributed by atoms with Gasteiger partial charge in [-0.05, 0) is 261 Å². The zero-order valence-corrected chi connectivity index (χ0v) is 33.9. The van der Waals surface area contributed by atoms with Gasteiger partial charge in [-0.3, -0.25) is 0 Å². The first-order chi connectivity index (χ1) is 30.9. The summed E-state index contributed by atoms with van der Waals surface area (Å²) in [6.45, 7) is 28.0. The molecular formula is C61H22O2. The number of hydrogen-bond acceptors (Lipinski definition) is 2. The van der Waals surface area contributed by atoms with Crippen molar-refractivity contribution >= 4 is 0 Å². The minimum Gasteiger partial charge on any atom is -0.463 e. The lowest BCUT2D eigenvalue weighted by Crippen LogP contribution is -2.10. The van der Waals surface area contributed by atoms with E-state index in [1.54, 1.807) is 13.8 Å². The van der Waals surface area contributed by atoms with E-state index in [0.29, 0.717) is 0 Å². The lowest BCUT2D eigenvalue weighted by molar-refractivity contribution is 0.208. The van der Waals surface area contributed by atoms with Crippen LogP contribution >= 0.6 is 0 Å². The molecule has 1 unspecified atom stereocenters. The Labute approximate surface area is 367 Å². The predicted molar refractivity (Wildman–Crippen MR) is 240 cm³/mol. The first-order valence-corrected chi connectivity index (χ1v) is 16.7. The molecule has 0 aliphatic heterocycles. The summed E-state index contributed by atoms with van der Waals surface area (Å²) in [6, 6.07) is 0. The van der Waals surface area contributed by atoms with Gasteiger partial charge >= 0.3 is 0 Å². The minimum atomic E-state index is -1.18. The average Bonchev–Trinajstić information content (AvgIpc) is 3.27. The molecule has 0 bridgehead atoms. The van der Waals surface area contributed by atoms with E-state index in [4.69, 9.17) is 9.47 Å². The third-order valence-corrected chi connectivity index (χ3v) is 5.00. The standard InChI is InChI=1S/C61H22O2/c1-10-17-23-28-31-33-35-37-41-44-50-56(49-43-40-36-30-25-19-12-3)63-61(54-47-39-26-20-13-4)59(53-45-27-21-14-5)57(52-46-42-38-34-32-29-24-18-11-2)58(51-22-15-6)60(48-16-7)62-55(8)9/h50,56H,1-2,4-8H2,3,9H3. The fourth-order valence-corrected chi connectivity index (χ4v) is 2.97. The minimum absolute atomic E-state index is 0.00910. The predicted octanol–water partition coefficient (Wildman–Crippen LogP) is 10.4. The number of hydrogen-bond donors (Lipinski definition) is 0. The Hall–Kier alpha value is -11.9. The normalized spacial score (nSPS) is 6.06. The van der Waals surface area contributed by atoms with E-state index in [-0.39, 0.29) is 34.0 Å². The van der Waals surface area contributed by atoms with Crippen LogP contribution in [0.25, 0.3) is 0 Å². The van der Waals surface area contributed by atoms with Crippen molar-refractivity contribution in [3.05, 3.63) is 292 Å².